The summed E-state index contributed by atoms with van der Waals surface area (Å²) in [7, 11) is 2.15. The molecule has 0 atom stereocenters. The van der Waals surface area contributed by atoms with E-state index in [2.05, 4.69) is 38.1 Å². The van der Waals surface area contributed by atoms with E-state index >= 15 is 0 Å². The van der Waals surface area contributed by atoms with Gasteiger partial charge in [0.25, 0.3) is 0 Å². The highest BCUT2D eigenvalue weighted by Gasteiger charge is 2.25. The van der Waals surface area contributed by atoms with Crippen LogP contribution in [0.2, 0.25) is 0 Å². The molecule has 1 aromatic heterocycles. The number of urea groups is 1. The number of aryl methyl sites for hydroxylation is 1. The van der Waals surface area contributed by atoms with Crippen LogP contribution in [-0.4, -0.2) is 98.4 Å². The number of nitrogens with one attached hydrogen (secondary N) is 1. The first kappa shape index (κ1) is 21.6. The summed E-state index contributed by atoms with van der Waals surface area (Å²) in [6.07, 6.45) is 0. The third-order valence-electron chi connectivity index (χ3n) is 6.30. The first-order valence-electron chi connectivity index (χ1n) is 11.5. The van der Waals surface area contributed by atoms with Crippen LogP contribution in [0.5, 0.6) is 11.5 Å². The molecule has 0 aliphatic carbocycles. The Kier molecular flexibility index (Phi) is 6.08. The molecule has 1 aromatic carbocycles. The van der Waals surface area contributed by atoms with Crippen molar-refractivity contribution in [3.63, 3.8) is 0 Å². The maximum Gasteiger partial charge on any atom is 0.321 e. The first-order chi connectivity index (χ1) is 16.0. The highest BCUT2D eigenvalue weighted by atomic mass is 16.6. The molecular formula is C23H31N7O3. The highest BCUT2D eigenvalue weighted by Crippen LogP contribution is 2.32. The second kappa shape index (κ2) is 9.30. The third-order valence-corrected chi connectivity index (χ3v) is 6.30. The van der Waals surface area contributed by atoms with Crippen molar-refractivity contribution in [1.82, 2.24) is 19.8 Å². The smallest absolute Gasteiger partial charge is 0.321 e. The molecule has 0 bridgehead atoms. The summed E-state index contributed by atoms with van der Waals surface area (Å²) >= 11 is 0. The number of likely N-dealkylation sites (N-methyl/N-ethyl adjacent to an activating group) is 1. The van der Waals surface area contributed by atoms with Crippen molar-refractivity contribution in [2.75, 3.05) is 87.7 Å². The molecule has 2 amide bonds. The number of hydrogen-bond acceptors (Lipinski definition) is 8. The number of amides is 2. The van der Waals surface area contributed by atoms with Gasteiger partial charge in [0, 0.05) is 75.9 Å². The minimum atomic E-state index is -0.116. The molecule has 0 saturated carbocycles. The van der Waals surface area contributed by atoms with Gasteiger partial charge in [-0.15, -0.1) is 0 Å². The van der Waals surface area contributed by atoms with Crippen LogP contribution in [0.1, 0.15) is 5.69 Å². The maximum absolute atomic E-state index is 12.8. The number of nitrogens with zero attached hydrogens (tertiary/aromatic N) is 6. The Hall–Kier alpha value is -3.27. The Morgan fingerprint density at radius 1 is 0.879 bits per heavy atom. The monoisotopic (exact) mass is 453 g/mol. The molecule has 3 aliphatic heterocycles. The summed E-state index contributed by atoms with van der Waals surface area (Å²) in [5.74, 6) is 3.11. The molecule has 2 fully saturated rings. The molecule has 1 N–H and O–H groups in total. The lowest BCUT2D eigenvalue weighted by atomic mass is 10.2. The molecule has 10 nitrogen and oxygen atoms in total. The van der Waals surface area contributed by atoms with Gasteiger partial charge in [-0.1, -0.05) is 0 Å². The van der Waals surface area contributed by atoms with Gasteiger partial charge < -0.3 is 34.4 Å². The number of carbonyl (C=O) groups excluding carboxylic acids is 1. The summed E-state index contributed by atoms with van der Waals surface area (Å²) in [6, 6.07) is 7.42. The van der Waals surface area contributed by atoms with E-state index in [0.717, 1.165) is 43.6 Å². The van der Waals surface area contributed by atoms with Gasteiger partial charge in [-0.05, 0) is 26.1 Å². The number of carbonyl (C=O) groups is 1. The van der Waals surface area contributed by atoms with Crippen LogP contribution in [-0.2, 0) is 0 Å². The van der Waals surface area contributed by atoms with E-state index in [4.69, 9.17) is 14.5 Å². The molecule has 2 saturated heterocycles. The number of rotatable bonds is 3. The number of hydrogen-bond donors (Lipinski definition) is 1. The summed E-state index contributed by atoms with van der Waals surface area (Å²) in [5, 5.41) is 2.97. The Labute approximate surface area is 194 Å². The SMILES string of the molecule is Cc1cc(N2CCN(C)CC2)nc(N2CCN(C(=O)Nc3ccc4c(c3)OCCO4)CC2)n1. The van der Waals surface area contributed by atoms with E-state index in [1.54, 1.807) is 0 Å². The summed E-state index contributed by atoms with van der Waals surface area (Å²) in [4.78, 5) is 31.0. The van der Waals surface area contributed by atoms with Crippen molar-refractivity contribution < 1.29 is 14.3 Å². The van der Waals surface area contributed by atoms with Gasteiger partial charge in [0.15, 0.2) is 11.5 Å². The van der Waals surface area contributed by atoms with E-state index in [1.165, 1.54) is 0 Å². The summed E-state index contributed by atoms with van der Waals surface area (Å²) in [5.41, 5.74) is 1.67. The van der Waals surface area contributed by atoms with Crippen molar-refractivity contribution in [3.8, 4) is 11.5 Å². The lowest BCUT2D eigenvalue weighted by molar-refractivity contribution is 0.171. The van der Waals surface area contributed by atoms with Crippen LogP contribution in [0.3, 0.4) is 0 Å². The molecule has 4 heterocycles. The molecule has 0 spiro atoms. The van der Waals surface area contributed by atoms with Crippen molar-refractivity contribution in [1.29, 1.82) is 0 Å². The number of fused-ring (bicyclic) bond motifs is 1. The zero-order chi connectivity index (χ0) is 22.8. The second-order valence-electron chi connectivity index (χ2n) is 8.72. The first-order valence-corrected chi connectivity index (χ1v) is 11.5. The molecule has 10 heteroatoms. The van der Waals surface area contributed by atoms with Gasteiger partial charge in [0.05, 0.1) is 0 Å². The topological polar surface area (TPSA) is 86.3 Å². The van der Waals surface area contributed by atoms with Crippen LogP contribution in [0, 0.1) is 6.92 Å². The van der Waals surface area contributed by atoms with E-state index in [0.29, 0.717) is 56.6 Å². The molecule has 3 aliphatic rings. The number of ether oxygens (including phenoxy) is 2. The quantitative estimate of drug-likeness (QED) is 0.751. The average Bonchev–Trinajstić information content (AvgIpc) is 2.84. The van der Waals surface area contributed by atoms with Gasteiger partial charge >= 0.3 is 6.03 Å². The minimum absolute atomic E-state index is 0.116. The fourth-order valence-electron chi connectivity index (χ4n) is 4.31. The maximum atomic E-state index is 12.8. The van der Waals surface area contributed by atoms with Crippen molar-refractivity contribution in [2.45, 2.75) is 6.92 Å². The number of piperazine rings is 2. The molecule has 2 aromatic rings. The van der Waals surface area contributed by atoms with E-state index in [-0.39, 0.29) is 6.03 Å². The fourth-order valence-corrected chi connectivity index (χ4v) is 4.31. The Morgan fingerprint density at radius 2 is 1.58 bits per heavy atom. The molecule has 0 radical (unpaired) electrons. The van der Waals surface area contributed by atoms with Gasteiger partial charge in [-0.25, -0.2) is 9.78 Å². The Morgan fingerprint density at radius 3 is 2.33 bits per heavy atom. The molecule has 176 valence electrons. The van der Waals surface area contributed by atoms with E-state index in [1.807, 2.05) is 30.0 Å². The normalized spacial score (nSPS) is 18.9. The van der Waals surface area contributed by atoms with E-state index in [9.17, 15) is 4.79 Å². The van der Waals surface area contributed by atoms with Crippen LogP contribution in [0.15, 0.2) is 24.3 Å². The van der Waals surface area contributed by atoms with Gasteiger partial charge in [0.1, 0.15) is 19.0 Å². The van der Waals surface area contributed by atoms with Crippen molar-refractivity contribution >= 4 is 23.5 Å². The number of aromatic nitrogens is 2. The number of benzene rings is 1. The van der Waals surface area contributed by atoms with E-state index < -0.39 is 0 Å². The zero-order valence-corrected chi connectivity index (χ0v) is 19.3. The second-order valence-corrected chi connectivity index (χ2v) is 8.72. The van der Waals surface area contributed by atoms with Gasteiger partial charge in [-0.3, -0.25) is 0 Å². The standard InChI is InChI=1S/C23H31N7O3/c1-17-15-21(28-7-5-27(2)6-8-28)26-22(24-17)29-9-11-30(12-10-29)23(31)25-18-3-4-19-20(16-18)33-14-13-32-19/h3-4,15-16H,5-14H2,1-2H3,(H,25,31). The minimum Gasteiger partial charge on any atom is -0.486 e. The average molecular weight is 454 g/mol. The molecular weight excluding hydrogens is 422 g/mol. The summed E-state index contributed by atoms with van der Waals surface area (Å²) < 4.78 is 11.1. The van der Waals surface area contributed by atoms with Gasteiger partial charge in [-0.2, -0.15) is 4.98 Å². The third kappa shape index (κ3) is 4.90. The van der Waals surface area contributed by atoms with Crippen LogP contribution >= 0.6 is 0 Å². The predicted molar refractivity (Wildman–Crippen MR) is 127 cm³/mol. The number of anilines is 3. The van der Waals surface area contributed by atoms with Crippen LogP contribution in [0.25, 0.3) is 0 Å². The van der Waals surface area contributed by atoms with Crippen molar-refractivity contribution in [2.24, 2.45) is 0 Å². The Bertz CT molecular complexity index is 1000. The lowest BCUT2D eigenvalue weighted by Gasteiger charge is -2.36. The summed E-state index contributed by atoms with van der Waals surface area (Å²) in [6.45, 7) is 9.71. The van der Waals surface area contributed by atoms with Crippen molar-refractivity contribution in [3.05, 3.63) is 30.0 Å². The highest BCUT2D eigenvalue weighted by molar-refractivity contribution is 5.90. The fraction of sp³-hybridized carbons (Fsp3) is 0.522. The molecule has 33 heavy (non-hydrogen) atoms. The van der Waals surface area contributed by atoms with Gasteiger partial charge in [0.2, 0.25) is 5.95 Å². The molecule has 5 rings (SSSR count). The molecule has 0 unspecified atom stereocenters. The lowest BCUT2D eigenvalue weighted by Crippen LogP contribution is -2.50. The largest absolute Gasteiger partial charge is 0.486 e. The van der Waals surface area contributed by atoms with Crippen LogP contribution in [0.4, 0.5) is 22.2 Å². The van der Waals surface area contributed by atoms with Crippen LogP contribution < -0.4 is 24.6 Å². The zero-order valence-electron chi connectivity index (χ0n) is 19.3. The predicted octanol–water partition coefficient (Wildman–Crippen LogP) is 1.66. The Balaban J connectivity index is 1.19.